The van der Waals surface area contributed by atoms with Crippen molar-refractivity contribution in [1.82, 2.24) is 4.98 Å². The standard InChI is InChI=1S/C43H49NO17/c1-20-21(2)38(50)59-32-22(3)43-35(57-26(7)48)30(41(9,61-43)18-54-40(52)29-16-13-17-44-31(20)29)33(55-24(5)46)36(58-27(8)49)42(43,19-53-23(4)45)37(34(32)56-25(6)47)60-39(51)28-14-11-10-12-15-28/h10-17,20-22,30,32-37H,18-19H2,1-9H3/t20?,21?,22-,30-,32-,33-,34+,35-,36-,37+,41+,42-,43-/m1/s1. The Hall–Kier alpha value is -5.91. The molecule has 2 aliphatic heterocycles. The highest BCUT2D eigenvalue weighted by Crippen LogP contribution is 2.69. The van der Waals surface area contributed by atoms with Crippen molar-refractivity contribution in [2.75, 3.05) is 13.2 Å². The lowest BCUT2D eigenvalue weighted by atomic mass is 9.46. The van der Waals surface area contributed by atoms with Gasteiger partial charge in [-0.15, -0.1) is 0 Å². The smallest absolute Gasteiger partial charge is 0.340 e. The summed E-state index contributed by atoms with van der Waals surface area (Å²) < 4.78 is 56.2. The van der Waals surface area contributed by atoms with Crippen LogP contribution in [0.2, 0.25) is 0 Å². The third kappa shape index (κ3) is 7.70. The molecule has 0 N–H and O–H groups in total. The van der Waals surface area contributed by atoms with Gasteiger partial charge in [-0.3, -0.25) is 33.8 Å². The van der Waals surface area contributed by atoms with Gasteiger partial charge in [0.15, 0.2) is 18.3 Å². The third-order valence-corrected chi connectivity index (χ3v) is 12.3. The number of carbonyl (C=O) groups excluding carboxylic acids is 8. The maximum Gasteiger partial charge on any atom is 0.340 e. The van der Waals surface area contributed by atoms with Crippen LogP contribution in [0.15, 0.2) is 48.7 Å². The van der Waals surface area contributed by atoms with E-state index in [-0.39, 0.29) is 16.8 Å². The molecule has 0 radical (unpaired) electrons. The Bertz CT molecular complexity index is 2110. The summed E-state index contributed by atoms with van der Waals surface area (Å²) in [6.45, 7) is 9.99. The normalized spacial score (nSPS) is 35.2. The number of fused-ring (bicyclic) bond motifs is 5. The number of esters is 8. The number of cyclic esters (lactones) is 1. The molecule has 61 heavy (non-hydrogen) atoms. The van der Waals surface area contributed by atoms with Gasteiger partial charge in [0.1, 0.15) is 48.1 Å². The molecule has 6 rings (SSSR count). The molecule has 2 saturated carbocycles. The number of nitrogens with zero attached hydrogens (tertiary/aromatic N) is 1. The average Bonchev–Trinajstić information content (AvgIpc) is 3.41. The minimum Gasteiger partial charge on any atom is -0.465 e. The van der Waals surface area contributed by atoms with Gasteiger partial charge < -0.3 is 42.6 Å². The second-order valence-corrected chi connectivity index (χ2v) is 16.2. The first kappa shape index (κ1) is 44.6. The van der Waals surface area contributed by atoms with E-state index in [1.54, 1.807) is 25.1 Å². The third-order valence-electron chi connectivity index (χ3n) is 12.3. The highest BCUT2D eigenvalue weighted by Gasteiger charge is 2.88. The number of aromatic nitrogens is 1. The molecule has 1 aromatic heterocycles. The van der Waals surface area contributed by atoms with E-state index < -0.39 is 138 Å². The van der Waals surface area contributed by atoms with Crippen LogP contribution in [0.5, 0.6) is 0 Å². The van der Waals surface area contributed by atoms with Crippen LogP contribution in [0.3, 0.4) is 0 Å². The second kappa shape index (κ2) is 16.9. The van der Waals surface area contributed by atoms with E-state index in [4.69, 9.17) is 42.6 Å². The first-order valence-electron chi connectivity index (χ1n) is 19.8. The van der Waals surface area contributed by atoms with Crippen LogP contribution in [0, 0.1) is 23.2 Å². The quantitative estimate of drug-likeness (QED) is 0.274. The zero-order valence-electron chi connectivity index (χ0n) is 35.2. The molecular weight excluding hydrogens is 802 g/mol. The minimum atomic E-state index is -2.39. The van der Waals surface area contributed by atoms with E-state index in [1.807, 2.05) is 0 Å². The fourth-order valence-electron chi connectivity index (χ4n) is 9.82. The molecular formula is C43H49NO17. The van der Waals surface area contributed by atoms with Crippen LogP contribution in [0.4, 0.5) is 0 Å². The van der Waals surface area contributed by atoms with Crippen molar-refractivity contribution in [3.63, 3.8) is 0 Å². The molecule has 2 aromatic rings. The molecule has 1 aromatic carbocycles. The average molecular weight is 852 g/mol. The zero-order valence-corrected chi connectivity index (χ0v) is 35.2. The monoisotopic (exact) mass is 851 g/mol. The number of pyridine rings is 1. The Morgan fingerprint density at radius 1 is 0.721 bits per heavy atom. The fraction of sp³-hybridized carbons (Fsp3) is 0.558. The summed E-state index contributed by atoms with van der Waals surface area (Å²) in [6, 6.07) is 10.6. The van der Waals surface area contributed by atoms with Gasteiger partial charge in [0.05, 0.1) is 28.7 Å². The Balaban J connectivity index is 1.77. The van der Waals surface area contributed by atoms with Gasteiger partial charge in [0, 0.05) is 52.7 Å². The van der Waals surface area contributed by atoms with E-state index in [0.29, 0.717) is 0 Å². The van der Waals surface area contributed by atoms with E-state index in [1.165, 1.54) is 51.2 Å². The molecule has 2 unspecified atom stereocenters. The molecule has 18 heteroatoms. The summed E-state index contributed by atoms with van der Waals surface area (Å²) in [5.41, 5.74) is -6.37. The van der Waals surface area contributed by atoms with Crippen LogP contribution in [-0.2, 0) is 71.4 Å². The largest absolute Gasteiger partial charge is 0.465 e. The van der Waals surface area contributed by atoms with Crippen molar-refractivity contribution >= 4 is 47.8 Å². The predicted octanol–water partition coefficient (Wildman–Crippen LogP) is 3.21. The van der Waals surface area contributed by atoms with Crippen LogP contribution < -0.4 is 0 Å². The van der Waals surface area contributed by atoms with Crippen LogP contribution >= 0.6 is 0 Å². The van der Waals surface area contributed by atoms with Crippen molar-refractivity contribution < 1.29 is 81.0 Å². The van der Waals surface area contributed by atoms with E-state index in [9.17, 15) is 38.4 Å². The van der Waals surface area contributed by atoms with Gasteiger partial charge in [0.25, 0.3) is 0 Å². The number of ether oxygens (including phenoxy) is 9. The molecule has 18 nitrogen and oxygen atoms in total. The highest BCUT2D eigenvalue weighted by atomic mass is 16.7. The maximum atomic E-state index is 14.5. The summed E-state index contributed by atoms with van der Waals surface area (Å²) in [7, 11) is 0. The van der Waals surface area contributed by atoms with E-state index in [0.717, 1.165) is 34.6 Å². The Morgan fingerprint density at radius 2 is 1.31 bits per heavy atom. The lowest BCUT2D eigenvalue weighted by Crippen LogP contribution is -2.84. The van der Waals surface area contributed by atoms with Crippen molar-refractivity contribution in [3.05, 3.63) is 65.5 Å². The van der Waals surface area contributed by atoms with Gasteiger partial charge in [-0.1, -0.05) is 39.0 Å². The maximum absolute atomic E-state index is 14.5. The number of benzene rings is 1. The summed E-state index contributed by atoms with van der Waals surface area (Å²) in [5.74, 6) is -12.0. The van der Waals surface area contributed by atoms with Crippen LogP contribution in [0.1, 0.15) is 94.6 Å². The van der Waals surface area contributed by atoms with Gasteiger partial charge in [-0.05, 0) is 31.2 Å². The Morgan fingerprint density at radius 3 is 1.92 bits per heavy atom. The molecule has 3 fully saturated rings. The number of hydrogen-bond acceptors (Lipinski definition) is 18. The Kier molecular flexibility index (Phi) is 12.3. The summed E-state index contributed by atoms with van der Waals surface area (Å²) in [5, 5.41) is 0. The molecule has 0 amide bonds. The van der Waals surface area contributed by atoms with E-state index >= 15 is 0 Å². The van der Waals surface area contributed by atoms with E-state index in [2.05, 4.69) is 4.98 Å². The van der Waals surface area contributed by atoms with Crippen molar-refractivity contribution in [2.45, 2.75) is 116 Å². The molecule has 13 atom stereocenters. The lowest BCUT2D eigenvalue weighted by Gasteiger charge is -2.65. The molecule has 2 aliphatic carbocycles. The molecule has 4 aliphatic rings. The topological polar surface area (TPSA) is 233 Å². The summed E-state index contributed by atoms with van der Waals surface area (Å²) in [4.78, 5) is 114. The second-order valence-electron chi connectivity index (χ2n) is 16.2. The van der Waals surface area contributed by atoms with Gasteiger partial charge in [-0.25, -0.2) is 9.59 Å². The summed E-state index contributed by atoms with van der Waals surface area (Å²) >= 11 is 0. The number of hydrogen-bond donors (Lipinski definition) is 0. The number of rotatable bonds is 8. The first-order valence-corrected chi connectivity index (χ1v) is 19.8. The lowest BCUT2D eigenvalue weighted by molar-refractivity contribution is -0.348. The molecule has 1 spiro atoms. The first-order chi connectivity index (χ1) is 28.7. The predicted molar refractivity (Wildman–Crippen MR) is 204 cm³/mol. The Labute approximate surface area is 351 Å². The molecule has 1 saturated heterocycles. The molecule has 4 bridgehead atoms. The van der Waals surface area contributed by atoms with Gasteiger partial charge in [-0.2, -0.15) is 0 Å². The zero-order chi connectivity index (χ0) is 44.8. The minimum absolute atomic E-state index is 0.00347. The summed E-state index contributed by atoms with van der Waals surface area (Å²) in [6.07, 6.45) is -9.25. The van der Waals surface area contributed by atoms with Crippen LogP contribution in [0.25, 0.3) is 0 Å². The molecule has 3 heterocycles. The fourth-order valence-corrected chi connectivity index (χ4v) is 9.82. The van der Waals surface area contributed by atoms with Crippen molar-refractivity contribution in [2.24, 2.45) is 23.2 Å². The highest BCUT2D eigenvalue weighted by molar-refractivity contribution is 5.91. The van der Waals surface area contributed by atoms with Crippen LogP contribution in [-0.4, -0.2) is 114 Å². The van der Waals surface area contributed by atoms with Gasteiger partial charge in [0.2, 0.25) is 0 Å². The van der Waals surface area contributed by atoms with Crippen molar-refractivity contribution in [1.29, 1.82) is 0 Å². The number of carbonyl (C=O) groups is 8. The molecule has 328 valence electrons. The SMILES string of the molecule is CC(=O)OC[C@]12[C@H](OC(C)=O)[C@H](OC(C)=O)[C@@H]3[C@@H](OC(C)=O)[C@@]14O[C@@]3(C)COC(=O)c1cccnc1C(C)C(C)C(=O)O[C@@H]([C@H](OC(C)=O)[C@@H]2OC(=O)c1ccccc1)[C@H]4C. The van der Waals surface area contributed by atoms with Crippen molar-refractivity contribution in [3.8, 4) is 0 Å². The van der Waals surface area contributed by atoms with Gasteiger partial charge >= 0.3 is 47.8 Å².